The first-order valence-electron chi connectivity index (χ1n) is 6.60. The molecule has 4 heteroatoms. The van der Waals surface area contributed by atoms with Gasteiger partial charge in [0.1, 0.15) is 0 Å². The number of hydrogen-bond donors (Lipinski definition) is 0. The van der Waals surface area contributed by atoms with E-state index >= 15 is 0 Å². The molecule has 2 heterocycles. The van der Waals surface area contributed by atoms with E-state index in [1.54, 1.807) is 4.40 Å². The van der Waals surface area contributed by atoms with Crippen LogP contribution in [0.1, 0.15) is 24.6 Å². The number of fused-ring (bicyclic) bond motifs is 3. The third-order valence-electron chi connectivity index (χ3n) is 3.65. The van der Waals surface area contributed by atoms with Crippen LogP contribution in [0.5, 0.6) is 0 Å². The number of para-hydroxylation sites is 2. The van der Waals surface area contributed by atoms with Gasteiger partial charge in [-0.25, -0.2) is 9.38 Å². The molecule has 1 aromatic carbocycles. The lowest BCUT2D eigenvalue weighted by molar-refractivity contribution is 0.846. The second-order valence-corrected chi connectivity index (χ2v) is 4.91. The van der Waals surface area contributed by atoms with Crippen molar-refractivity contribution in [3.63, 3.8) is 0 Å². The molecule has 2 aromatic heterocycles. The Morgan fingerprint density at radius 3 is 2.58 bits per heavy atom. The number of aryl methyl sites for hydroxylation is 2. The van der Waals surface area contributed by atoms with Crippen LogP contribution in [-0.4, -0.2) is 14.0 Å². The Morgan fingerprint density at radius 2 is 1.89 bits per heavy atom. The van der Waals surface area contributed by atoms with Gasteiger partial charge in [0.25, 0.3) is 5.56 Å². The number of benzene rings is 1. The molecule has 0 spiro atoms. The average Bonchev–Trinajstić information content (AvgIpc) is 2.69. The van der Waals surface area contributed by atoms with Crippen molar-refractivity contribution in [2.75, 3.05) is 0 Å². The van der Waals surface area contributed by atoms with Crippen molar-refractivity contribution >= 4 is 16.8 Å². The Balaban J connectivity index is 2.55. The van der Waals surface area contributed by atoms with E-state index in [0.717, 1.165) is 35.1 Å². The zero-order valence-corrected chi connectivity index (χ0v) is 11.5. The van der Waals surface area contributed by atoms with Crippen molar-refractivity contribution in [1.82, 2.24) is 14.0 Å². The Morgan fingerprint density at radius 1 is 1.21 bits per heavy atom. The van der Waals surface area contributed by atoms with Crippen LogP contribution in [0.2, 0.25) is 0 Å². The lowest BCUT2D eigenvalue weighted by Gasteiger charge is -2.04. The lowest BCUT2D eigenvalue weighted by atomic mass is 10.1. The number of rotatable bonds is 2. The molecule has 19 heavy (non-hydrogen) atoms. The predicted molar refractivity (Wildman–Crippen MR) is 76.7 cm³/mol. The molecule has 0 radical (unpaired) electrons. The highest BCUT2D eigenvalue weighted by Crippen LogP contribution is 2.17. The van der Waals surface area contributed by atoms with Gasteiger partial charge in [-0.2, -0.15) is 0 Å². The summed E-state index contributed by atoms with van der Waals surface area (Å²) in [6.45, 7) is 4.00. The molecule has 0 amide bonds. The molecule has 0 N–H and O–H groups in total. The third-order valence-corrected chi connectivity index (χ3v) is 3.65. The minimum Gasteiger partial charge on any atom is -0.313 e. The normalized spacial score (nSPS) is 11.5. The quantitative estimate of drug-likeness (QED) is 0.705. The molecule has 0 saturated heterocycles. The molecule has 0 aliphatic carbocycles. The van der Waals surface area contributed by atoms with Gasteiger partial charge in [-0.15, -0.1) is 0 Å². The van der Waals surface area contributed by atoms with Crippen LogP contribution in [0.3, 0.4) is 0 Å². The van der Waals surface area contributed by atoms with Crippen LogP contribution in [0.4, 0.5) is 0 Å². The van der Waals surface area contributed by atoms with Crippen LogP contribution < -0.4 is 5.56 Å². The molecule has 0 aliphatic heterocycles. The highest BCUT2D eigenvalue weighted by Gasteiger charge is 2.15. The summed E-state index contributed by atoms with van der Waals surface area (Å²) in [6.07, 6.45) is 1.73. The van der Waals surface area contributed by atoms with E-state index in [0.29, 0.717) is 5.78 Å². The van der Waals surface area contributed by atoms with Gasteiger partial charge in [0.05, 0.1) is 11.0 Å². The SMILES string of the molecule is CCCc1c(C)nc2n(C)c3ccccc3n2c1=O. The monoisotopic (exact) mass is 255 g/mol. The fraction of sp³-hybridized carbons (Fsp3) is 0.333. The third kappa shape index (κ3) is 1.59. The Labute approximate surface area is 111 Å². The Bertz CT molecular complexity index is 827. The van der Waals surface area contributed by atoms with Crippen LogP contribution in [0.25, 0.3) is 16.8 Å². The smallest absolute Gasteiger partial charge is 0.263 e. The Hall–Kier alpha value is -2.10. The zero-order valence-electron chi connectivity index (χ0n) is 11.5. The van der Waals surface area contributed by atoms with Crippen molar-refractivity contribution < 1.29 is 0 Å². The number of aromatic nitrogens is 3. The van der Waals surface area contributed by atoms with Gasteiger partial charge in [-0.3, -0.25) is 4.79 Å². The first-order chi connectivity index (χ1) is 9.15. The van der Waals surface area contributed by atoms with Gasteiger partial charge in [0, 0.05) is 18.3 Å². The van der Waals surface area contributed by atoms with Gasteiger partial charge in [-0.05, 0) is 25.5 Å². The summed E-state index contributed by atoms with van der Waals surface area (Å²) in [4.78, 5) is 17.3. The van der Waals surface area contributed by atoms with E-state index in [9.17, 15) is 4.79 Å². The van der Waals surface area contributed by atoms with Gasteiger partial charge in [0.2, 0.25) is 5.78 Å². The summed E-state index contributed by atoms with van der Waals surface area (Å²) in [7, 11) is 1.95. The maximum absolute atomic E-state index is 12.7. The molecule has 0 unspecified atom stereocenters. The largest absolute Gasteiger partial charge is 0.313 e. The van der Waals surface area contributed by atoms with Crippen molar-refractivity contribution in [2.24, 2.45) is 7.05 Å². The molecular formula is C15H17N3O. The van der Waals surface area contributed by atoms with E-state index < -0.39 is 0 Å². The first kappa shape index (κ1) is 12.0. The molecular weight excluding hydrogens is 238 g/mol. The Kier molecular flexibility index (Phi) is 2.66. The minimum atomic E-state index is 0.0705. The number of hydrogen-bond acceptors (Lipinski definition) is 2. The van der Waals surface area contributed by atoms with Crippen molar-refractivity contribution in [2.45, 2.75) is 26.7 Å². The van der Waals surface area contributed by atoms with Crippen molar-refractivity contribution in [3.8, 4) is 0 Å². The van der Waals surface area contributed by atoms with Crippen molar-refractivity contribution in [1.29, 1.82) is 0 Å². The standard InChI is InChI=1S/C15H17N3O/c1-4-7-11-10(2)16-15-17(3)12-8-5-6-9-13(12)18(15)14(11)19/h5-6,8-9H,4,7H2,1-3H3. The van der Waals surface area contributed by atoms with Crippen LogP contribution in [-0.2, 0) is 13.5 Å². The van der Waals surface area contributed by atoms with Crippen LogP contribution in [0, 0.1) is 6.92 Å². The first-order valence-corrected chi connectivity index (χ1v) is 6.60. The van der Waals surface area contributed by atoms with E-state index in [1.807, 2.05) is 42.8 Å². The molecule has 3 rings (SSSR count). The maximum atomic E-state index is 12.7. The summed E-state index contributed by atoms with van der Waals surface area (Å²) < 4.78 is 3.70. The highest BCUT2D eigenvalue weighted by atomic mass is 16.1. The van der Waals surface area contributed by atoms with Gasteiger partial charge in [0.15, 0.2) is 0 Å². The predicted octanol–water partition coefficient (Wildman–Crippen LogP) is 2.45. The van der Waals surface area contributed by atoms with E-state index in [2.05, 4.69) is 11.9 Å². The molecule has 0 aliphatic rings. The summed E-state index contributed by atoms with van der Waals surface area (Å²) in [6, 6.07) is 7.91. The van der Waals surface area contributed by atoms with E-state index in [1.165, 1.54) is 0 Å². The molecule has 0 saturated carbocycles. The van der Waals surface area contributed by atoms with Gasteiger partial charge in [-0.1, -0.05) is 25.5 Å². The fourth-order valence-corrected chi connectivity index (χ4v) is 2.67. The lowest BCUT2D eigenvalue weighted by Crippen LogP contribution is -2.21. The summed E-state index contributed by atoms with van der Waals surface area (Å²) >= 11 is 0. The minimum absolute atomic E-state index is 0.0705. The second kappa shape index (κ2) is 4.23. The number of nitrogens with zero attached hydrogens (tertiary/aromatic N) is 3. The second-order valence-electron chi connectivity index (χ2n) is 4.91. The highest BCUT2D eigenvalue weighted by molar-refractivity contribution is 5.80. The van der Waals surface area contributed by atoms with Gasteiger partial charge < -0.3 is 4.57 Å². The zero-order chi connectivity index (χ0) is 13.6. The summed E-state index contributed by atoms with van der Waals surface area (Å²) in [5.41, 5.74) is 3.70. The fourth-order valence-electron chi connectivity index (χ4n) is 2.67. The molecule has 0 atom stereocenters. The topological polar surface area (TPSA) is 39.3 Å². The maximum Gasteiger partial charge on any atom is 0.263 e. The molecule has 3 aromatic rings. The van der Waals surface area contributed by atoms with Gasteiger partial charge >= 0.3 is 0 Å². The molecule has 0 bridgehead atoms. The molecule has 98 valence electrons. The van der Waals surface area contributed by atoms with E-state index in [4.69, 9.17) is 0 Å². The van der Waals surface area contributed by atoms with Crippen LogP contribution >= 0.6 is 0 Å². The average molecular weight is 255 g/mol. The van der Waals surface area contributed by atoms with Crippen LogP contribution in [0.15, 0.2) is 29.1 Å². The molecule has 0 fully saturated rings. The number of imidazole rings is 1. The summed E-state index contributed by atoms with van der Waals surface area (Å²) in [5, 5.41) is 0. The van der Waals surface area contributed by atoms with Crippen molar-refractivity contribution in [3.05, 3.63) is 45.9 Å². The molecule has 4 nitrogen and oxygen atoms in total. The summed E-state index contributed by atoms with van der Waals surface area (Å²) in [5.74, 6) is 0.712. The van der Waals surface area contributed by atoms with E-state index in [-0.39, 0.29) is 5.56 Å².